The number of hydrogen-bond acceptors (Lipinski definition) is 4. The first-order chi connectivity index (χ1) is 5.07. The van der Waals surface area contributed by atoms with Gasteiger partial charge in [-0.05, 0) is 0 Å². The zero-order valence-corrected chi connectivity index (χ0v) is 7.10. The van der Waals surface area contributed by atoms with E-state index in [2.05, 4.69) is 17.9 Å². The summed E-state index contributed by atoms with van der Waals surface area (Å²) < 4.78 is 0. The van der Waals surface area contributed by atoms with Crippen LogP contribution in [0.25, 0.3) is 0 Å². The van der Waals surface area contributed by atoms with Gasteiger partial charge in [0.1, 0.15) is 6.54 Å². The molecule has 0 fully saturated rings. The standard InChI is InChI=1S/C6H11N2O2S/c1-4(9)8-2-6(10)5(7)3-11/h2,5,11H,3,7H2,1H3,(H,8,9)/t5-/m0/s1. The molecule has 0 aliphatic carbocycles. The van der Waals surface area contributed by atoms with Crippen molar-refractivity contribution in [1.29, 1.82) is 0 Å². The van der Waals surface area contributed by atoms with E-state index in [1.54, 1.807) is 0 Å². The minimum atomic E-state index is -0.634. The summed E-state index contributed by atoms with van der Waals surface area (Å²) >= 11 is 3.82. The Kier molecular flexibility index (Phi) is 4.89. The molecule has 5 heteroatoms. The molecule has 0 heterocycles. The molecular formula is C6H11N2O2S. The van der Waals surface area contributed by atoms with E-state index in [1.807, 2.05) is 0 Å². The molecule has 0 unspecified atom stereocenters. The highest BCUT2D eigenvalue weighted by atomic mass is 32.1. The van der Waals surface area contributed by atoms with Gasteiger partial charge in [-0.1, -0.05) is 0 Å². The van der Waals surface area contributed by atoms with Crippen LogP contribution in [-0.4, -0.2) is 23.5 Å². The summed E-state index contributed by atoms with van der Waals surface area (Å²) in [6.07, 6.45) is 0. The molecule has 11 heavy (non-hydrogen) atoms. The summed E-state index contributed by atoms with van der Waals surface area (Å²) in [4.78, 5) is 21.1. The fourth-order valence-corrected chi connectivity index (χ4v) is 0.550. The van der Waals surface area contributed by atoms with Gasteiger partial charge in [0.15, 0.2) is 5.78 Å². The molecule has 4 nitrogen and oxygen atoms in total. The number of nitrogens with one attached hydrogen (secondary N) is 1. The topological polar surface area (TPSA) is 72.2 Å². The maximum atomic E-state index is 10.8. The van der Waals surface area contributed by atoms with Crippen molar-refractivity contribution in [2.75, 3.05) is 5.75 Å². The second-order valence-electron chi connectivity index (χ2n) is 2.04. The van der Waals surface area contributed by atoms with E-state index in [4.69, 9.17) is 5.73 Å². The van der Waals surface area contributed by atoms with Gasteiger partial charge in [0.05, 0.1) is 6.04 Å². The predicted octanol–water partition coefficient (Wildman–Crippen LogP) is -0.890. The molecular weight excluding hydrogens is 164 g/mol. The summed E-state index contributed by atoms with van der Waals surface area (Å²) in [6.45, 7) is 2.37. The molecule has 1 radical (unpaired) electrons. The van der Waals surface area contributed by atoms with Crippen LogP contribution in [-0.2, 0) is 9.59 Å². The van der Waals surface area contributed by atoms with E-state index in [0.29, 0.717) is 0 Å². The summed E-state index contributed by atoms with van der Waals surface area (Å²) in [5.74, 6) is -0.338. The zero-order valence-electron chi connectivity index (χ0n) is 6.20. The van der Waals surface area contributed by atoms with Crippen LogP contribution in [0.3, 0.4) is 0 Å². The van der Waals surface area contributed by atoms with Crippen LogP contribution >= 0.6 is 12.6 Å². The minimum Gasteiger partial charge on any atom is -0.344 e. The monoisotopic (exact) mass is 175 g/mol. The van der Waals surface area contributed by atoms with Gasteiger partial charge in [-0.15, -0.1) is 0 Å². The van der Waals surface area contributed by atoms with Crippen LogP contribution in [0.15, 0.2) is 0 Å². The Balaban J connectivity index is 3.60. The van der Waals surface area contributed by atoms with Crippen LogP contribution in [0.1, 0.15) is 6.92 Å². The zero-order chi connectivity index (χ0) is 8.85. The maximum Gasteiger partial charge on any atom is 0.217 e. The summed E-state index contributed by atoms with van der Waals surface area (Å²) in [5, 5.41) is 2.23. The fourth-order valence-electron chi connectivity index (χ4n) is 0.370. The number of Topliss-reactive ketones (excluding diaryl/α,β-unsaturated/α-hetero) is 1. The van der Waals surface area contributed by atoms with E-state index < -0.39 is 6.04 Å². The van der Waals surface area contributed by atoms with Gasteiger partial charge < -0.3 is 11.1 Å². The van der Waals surface area contributed by atoms with Crippen LogP contribution in [0.4, 0.5) is 0 Å². The van der Waals surface area contributed by atoms with Crippen molar-refractivity contribution >= 4 is 24.3 Å². The highest BCUT2D eigenvalue weighted by Crippen LogP contribution is 1.87. The third-order valence-electron chi connectivity index (χ3n) is 0.980. The molecule has 0 aliphatic rings. The molecule has 0 aromatic heterocycles. The summed E-state index contributed by atoms with van der Waals surface area (Å²) in [7, 11) is 0. The minimum absolute atomic E-state index is 0.273. The molecule has 0 spiro atoms. The lowest BCUT2D eigenvalue weighted by Gasteiger charge is -2.05. The highest BCUT2D eigenvalue weighted by molar-refractivity contribution is 7.80. The molecule has 0 aliphatic heterocycles. The quantitative estimate of drug-likeness (QED) is 0.485. The first-order valence-electron chi connectivity index (χ1n) is 3.08. The van der Waals surface area contributed by atoms with Crippen LogP contribution in [0, 0.1) is 6.54 Å². The lowest BCUT2D eigenvalue weighted by atomic mass is 10.2. The van der Waals surface area contributed by atoms with Crippen molar-refractivity contribution in [1.82, 2.24) is 5.32 Å². The van der Waals surface area contributed by atoms with Crippen molar-refractivity contribution in [2.45, 2.75) is 13.0 Å². The molecule has 0 bridgehead atoms. The number of rotatable bonds is 4. The Morgan fingerprint density at radius 3 is 2.64 bits per heavy atom. The Hall–Kier alpha value is -0.550. The van der Waals surface area contributed by atoms with E-state index in [1.165, 1.54) is 6.92 Å². The molecule has 0 saturated heterocycles. The number of hydrogen-bond donors (Lipinski definition) is 3. The van der Waals surface area contributed by atoms with Gasteiger partial charge >= 0.3 is 0 Å². The third kappa shape index (κ3) is 4.80. The molecule has 0 aromatic carbocycles. The molecule has 0 rings (SSSR count). The van der Waals surface area contributed by atoms with Crippen LogP contribution < -0.4 is 11.1 Å². The second-order valence-corrected chi connectivity index (χ2v) is 2.40. The predicted molar refractivity (Wildman–Crippen MR) is 45.0 cm³/mol. The first-order valence-corrected chi connectivity index (χ1v) is 3.71. The first kappa shape index (κ1) is 10.4. The lowest BCUT2D eigenvalue weighted by Crippen LogP contribution is -2.36. The fraction of sp³-hybridized carbons (Fsp3) is 0.500. The Labute approximate surface area is 70.9 Å². The van der Waals surface area contributed by atoms with E-state index in [-0.39, 0.29) is 17.4 Å². The lowest BCUT2D eigenvalue weighted by molar-refractivity contribution is -0.122. The Morgan fingerprint density at radius 1 is 1.73 bits per heavy atom. The largest absolute Gasteiger partial charge is 0.344 e. The normalized spacial score (nSPS) is 12.3. The van der Waals surface area contributed by atoms with Gasteiger partial charge in [-0.25, -0.2) is 0 Å². The molecule has 1 amide bonds. The Morgan fingerprint density at radius 2 is 2.27 bits per heavy atom. The van der Waals surface area contributed by atoms with Crippen molar-refractivity contribution in [3.05, 3.63) is 6.54 Å². The van der Waals surface area contributed by atoms with Gasteiger partial charge in [-0.3, -0.25) is 9.59 Å². The SMILES string of the molecule is CC(=O)N[CH]C(=O)[C@@H](N)CS. The van der Waals surface area contributed by atoms with Crippen molar-refractivity contribution < 1.29 is 9.59 Å². The molecule has 0 saturated carbocycles. The Bertz CT molecular complexity index is 161. The van der Waals surface area contributed by atoms with Crippen LogP contribution in [0.5, 0.6) is 0 Å². The number of nitrogens with two attached hydrogens (primary N) is 1. The third-order valence-corrected chi connectivity index (χ3v) is 1.37. The maximum absolute atomic E-state index is 10.8. The number of amides is 1. The number of carbonyl (C=O) groups excluding carboxylic acids is 2. The van der Waals surface area contributed by atoms with Crippen molar-refractivity contribution in [3.63, 3.8) is 0 Å². The molecule has 3 N–H and O–H groups in total. The average molecular weight is 175 g/mol. The van der Waals surface area contributed by atoms with E-state index >= 15 is 0 Å². The summed E-state index contributed by atoms with van der Waals surface area (Å²) in [5.41, 5.74) is 5.29. The van der Waals surface area contributed by atoms with Crippen molar-refractivity contribution in [3.8, 4) is 0 Å². The number of thiol groups is 1. The molecule has 0 aromatic rings. The average Bonchev–Trinajstić information content (AvgIpc) is 1.98. The van der Waals surface area contributed by atoms with Gasteiger partial charge in [0, 0.05) is 12.7 Å². The van der Waals surface area contributed by atoms with E-state index in [0.717, 1.165) is 6.54 Å². The molecule has 63 valence electrons. The summed E-state index contributed by atoms with van der Waals surface area (Å²) in [6, 6.07) is -0.634. The number of carbonyl (C=O) groups is 2. The number of ketones is 1. The molecule has 1 atom stereocenters. The van der Waals surface area contributed by atoms with E-state index in [9.17, 15) is 9.59 Å². The van der Waals surface area contributed by atoms with Gasteiger partial charge in [0.25, 0.3) is 0 Å². The highest BCUT2D eigenvalue weighted by Gasteiger charge is 2.11. The smallest absolute Gasteiger partial charge is 0.217 e. The van der Waals surface area contributed by atoms with Crippen molar-refractivity contribution in [2.24, 2.45) is 5.73 Å². The van der Waals surface area contributed by atoms with Gasteiger partial charge in [0.2, 0.25) is 5.91 Å². The second kappa shape index (κ2) is 5.15. The van der Waals surface area contributed by atoms with Crippen LogP contribution in [0.2, 0.25) is 0 Å². The van der Waals surface area contributed by atoms with Gasteiger partial charge in [-0.2, -0.15) is 12.6 Å².